The fourth-order valence-electron chi connectivity index (χ4n) is 5.38. The fourth-order valence-corrected chi connectivity index (χ4v) is 5.38. The van der Waals surface area contributed by atoms with E-state index in [1.54, 1.807) is 79.3 Å². The molecule has 0 aliphatic carbocycles. The summed E-state index contributed by atoms with van der Waals surface area (Å²) in [6.07, 6.45) is 3.12. The third-order valence-electron chi connectivity index (χ3n) is 8.18. The summed E-state index contributed by atoms with van der Waals surface area (Å²) in [5, 5.41) is 16.6. The lowest BCUT2D eigenvalue weighted by molar-refractivity contribution is -0.248. The average Bonchev–Trinajstić information content (AvgIpc) is 4.03. The minimum absolute atomic E-state index is 0.240. The van der Waals surface area contributed by atoms with Gasteiger partial charge < -0.3 is 23.4 Å². The molecular weight excluding hydrogens is 718 g/mol. The molecule has 0 aliphatic heterocycles. The fraction of sp³-hybridized carbons (Fsp3) is 0.0952. The standard InChI is InChI=1S/C24H18N4O5.C18H15NO4/c1-2-30-19-13-11-17(12-14-19)23-25-21(15-31-23)16-7-9-18(10-8-16)24(29)32-33-28-22-6-4-3-5-20(22)26-27-28;1-2-22-15-9-7-13(8-10-15)17-19-16(11-23-17)12-3-5-14(6-4-12)18(20)21/h3-15H,2H2,1H3;3-11H,2H2,1H3,(H,20,21). The van der Waals surface area contributed by atoms with E-state index >= 15 is 0 Å². The van der Waals surface area contributed by atoms with Gasteiger partial charge in [-0.25, -0.2) is 24.4 Å². The van der Waals surface area contributed by atoms with Crippen molar-refractivity contribution in [2.75, 3.05) is 13.2 Å². The highest BCUT2D eigenvalue weighted by Gasteiger charge is 2.15. The summed E-state index contributed by atoms with van der Waals surface area (Å²) in [6.45, 7) is 5.10. The maximum atomic E-state index is 12.3. The van der Waals surface area contributed by atoms with Gasteiger partial charge in [0.2, 0.25) is 11.8 Å². The van der Waals surface area contributed by atoms with Gasteiger partial charge >= 0.3 is 11.9 Å². The molecule has 0 bridgehead atoms. The molecule has 14 heteroatoms. The number of aromatic carboxylic acids is 1. The Morgan fingerprint density at radius 1 is 0.625 bits per heavy atom. The first-order valence-electron chi connectivity index (χ1n) is 17.4. The second-order valence-electron chi connectivity index (χ2n) is 11.8. The van der Waals surface area contributed by atoms with Gasteiger partial charge in [0.15, 0.2) is 0 Å². The summed E-state index contributed by atoms with van der Waals surface area (Å²) in [7, 11) is 0. The van der Waals surface area contributed by atoms with E-state index in [0.29, 0.717) is 53.0 Å². The number of carboxylic acids is 1. The highest BCUT2D eigenvalue weighted by molar-refractivity contribution is 5.90. The molecule has 280 valence electrons. The highest BCUT2D eigenvalue weighted by Crippen LogP contribution is 2.28. The van der Waals surface area contributed by atoms with Crippen LogP contribution in [0.1, 0.15) is 34.6 Å². The number of fused-ring (bicyclic) bond motifs is 1. The Morgan fingerprint density at radius 3 is 1.61 bits per heavy atom. The largest absolute Gasteiger partial charge is 0.494 e. The van der Waals surface area contributed by atoms with Crippen molar-refractivity contribution in [3.63, 3.8) is 0 Å². The minimum atomic E-state index is -0.952. The van der Waals surface area contributed by atoms with Gasteiger partial charge in [0.05, 0.1) is 24.3 Å². The van der Waals surface area contributed by atoms with Crippen LogP contribution in [0.3, 0.4) is 0 Å². The quantitative estimate of drug-likeness (QED) is 0.0931. The minimum Gasteiger partial charge on any atom is -0.494 e. The normalized spacial score (nSPS) is 10.7. The highest BCUT2D eigenvalue weighted by atomic mass is 17.3. The lowest BCUT2D eigenvalue weighted by Gasteiger charge is -2.04. The Kier molecular flexibility index (Phi) is 11.1. The number of carbonyl (C=O) groups excluding carboxylic acids is 1. The number of ether oxygens (including phenoxy) is 2. The maximum Gasteiger partial charge on any atom is 0.388 e. The van der Waals surface area contributed by atoms with Crippen molar-refractivity contribution in [1.82, 2.24) is 25.1 Å². The van der Waals surface area contributed by atoms with Crippen molar-refractivity contribution >= 4 is 23.0 Å². The van der Waals surface area contributed by atoms with Crippen molar-refractivity contribution in [3.8, 4) is 56.9 Å². The molecule has 3 aromatic heterocycles. The number of benzene rings is 5. The molecule has 3 heterocycles. The van der Waals surface area contributed by atoms with E-state index in [0.717, 1.165) is 38.6 Å². The molecule has 0 unspecified atom stereocenters. The summed E-state index contributed by atoms with van der Waals surface area (Å²) in [5.41, 5.74) is 6.32. The predicted octanol–water partition coefficient (Wildman–Crippen LogP) is 8.46. The lowest BCUT2D eigenvalue weighted by atomic mass is 10.1. The zero-order valence-corrected chi connectivity index (χ0v) is 30.1. The molecule has 0 atom stereocenters. The van der Waals surface area contributed by atoms with E-state index < -0.39 is 11.9 Å². The Balaban J connectivity index is 0.000000183. The van der Waals surface area contributed by atoms with Crippen LogP contribution in [0.15, 0.2) is 143 Å². The first-order chi connectivity index (χ1) is 27.4. The molecule has 0 fully saturated rings. The molecular formula is C42H33N5O9. The molecule has 0 amide bonds. The Bertz CT molecular complexity index is 2540. The molecule has 0 saturated heterocycles. The lowest BCUT2D eigenvalue weighted by Crippen LogP contribution is -2.18. The third kappa shape index (κ3) is 8.55. The van der Waals surface area contributed by atoms with Crippen LogP contribution in [0.2, 0.25) is 0 Å². The number of para-hydroxylation sites is 1. The Morgan fingerprint density at radius 2 is 1.11 bits per heavy atom. The average molecular weight is 752 g/mol. The van der Waals surface area contributed by atoms with Crippen LogP contribution in [-0.4, -0.2) is 55.4 Å². The first kappa shape index (κ1) is 36.6. The molecule has 5 aromatic carbocycles. The van der Waals surface area contributed by atoms with Gasteiger partial charge in [-0.05, 0) is 109 Å². The van der Waals surface area contributed by atoms with Crippen LogP contribution in [0.25, 0.3) is 56.5 Å². The number of carboxylic acid groups (broad SMARTS) is 1. The number of hydrogen-bond acceptors (Lipinski definition) is 12. The summed E-state index contributed by atoms with van der Waals surface area (Å²) in [5.74, 6) is 0.960. The second kappa shape index (κ2) is 16.9. The summed E-state index contributed by atoms with van der Waals surface area (Å²) in [6, 6.07) is 35.4. The Hall–Kier alpha value is -7.74. The monoisotopic (exact) mass is 751 g/mol. The topological polar surface area (TPSA) is 174 Å². The zero-order chi connectivity index (χ0) is 38.9. The van der Waals surface area contributed by atoms with Crippen LogP contribution < -0.4 is 14.5 Å². The van der Waals surface area contributed by atoms with Gasteiger partial charge in [-0.15, -0.1) is 5.10 Å². The number of aromatic nitrogens is 5. The van der Waals surface area contributed by atoms with Gasteiger partial charge in [-0.2, -0.15) is 4.99 Å². The van der Waals surface area contributed by atoms with Crippen LogP contribution in [0.4, 0.5) is 0 Å². The van der Waals surface area contributed by atoms with Gasteiger partial charge in [0.1, 0.15) is 46.4 Å². The summed E-state index contributed by atoms with van der Waals surface area (Å²) >= 11 is 0. The van der Waals surface area contributed by atoms with Crippen LogP contribution in [0.5, 0.6) is 11.5 Å². The van der Waals surface area contributed by atoms with E-state index in [1.807, 2.05) is 68.4 Å². The molecule has 14 nitrogen and oxygen atoms in total. The van der Waals surface area contributed by atoms with E-state index in [-0.39, 0.29) is 5.56 Å². The SMILES string of the molecule is CCOc1ccc(-c2nc(-c3ccc(C(=O)O)cc3)co2)cc1.CCOc1ccc(-c2nc(-c3ccc(C(=O)OOn4nnc5ccccc54)cc3)co2)cc1. The second-order valence-corrected chi connectivity index (χ2v) is 11.8. The first-order valence-corrected chi connectivity index (χ1v) is 17.4. The molecule has 0 spiro atoms. The van der Waals surface area contributed by atoms with Crippen molar-refractivity contribution in [3.05, 3.63) is 145 Å². The van der Waals surface area contributed by atoms with Crippen LogP contribution in [0, 0.1) is 0 Å². The van der Waals surface area contributed by atoms with Crippen molar-refractivity contribution in [2.45, 2.75) is 13.8 Å². The molecule has 8 rings (SSSR count). The van der Waals surface area contributed by atoms with Crippen LogP contribution >= 0.6 is 0 Å². The number of hydrogen-bond donors (Lipinski definition) is 1. The summed E-state index contributed by atoms with van der Waals surface area (Å²) < 4.78 is 22.0. The van der Waals surface area contributed by atoms with Gasteiger partial charge in [0.25, 0.3) is 0 Å². The summed E-state index contributed by atoms with van der Waals surface area (Å²) in [4.78, 5) is 43.1. The van der Waals surface area contributed by atoms with Gasteiger partial charge in [-0.3, -0.25) is 0 Å². The molecule has 0 aliphatic rings. The third-order valence-corrected chi connectivity index (χ3v) is 8.18. The number of rotatable bonds is 12. The number of carbonyl (C=O) groups is 2. The van der Waals surface area contributed by atoms with E-state index in [1.165, 1.54) is 0 Å². The molecule has 1 N–H and O–H groups in total. The van der Waals surface area contributed by atoms with Crippen molar-refractivity contribution in [1.29, 1.82) is 0 Å². The molecule has 0 saturated carbocycles. The molecule has 56 heavy (non-hydrogen) atoms. The maximum absolute atomic E-state index is 12.3. The number of nitrogens with zero attached hydrogens (tertiary/aromatic N) is 5. The van der Waals surface area contributed by atoms with Gasteiger partial charge in [-0.1, -0.05) is 36.4 Å². The van der Waals surface area contributed by atoms with Crippen molar-refractivity contribution in [2.24, 2.45) is 0 Å². The molecule has 8 aromatic rings. The predicted molar refractivity (Wildman–Crippen MR) is 204 cm³/mol. The van der Waals surface area contributed by atoms with Crippen LogP contribution in [-0.2, 0) is 4.89 Å². The molecule has 0 radical (unpaired) electrons. The smallest absolute Gasteiger partial charge is 0.388 e. The van der Waals surface area contributed by atoms with E-state index in [9.17, 15) is 9.59 Å². The zero-order valence-electron chi connectivity index (χ0n) is 30.1. The van der Waals surface area contributed by atoms with E-state index in [2.05, 4.69) is 20.3 Å². The Labute approximate surface area is 319 Å². The number of oxazole rings is 2. The van der Waals surface area contributed by atoms with E-state index in [4.69, 9.17) is 33.3 Å². The van der Waals surface area contributed by atoms with Gasteiger partial charge in [0, 0.05) is 22.3 Å². The van der Waals surface area contributed by atoms with Crippen molar-refractivity contribution < 1.29 is 42.9 Å².